The summed E-state index contributed by atoms with van der Waals surface area (Å²) in [6, 6.07) is 3.15. The van der Waals surface area contributed by atoms with Crippen molar-refractivity contribution in [1.82, 2.24) is 4.98 Å². The van der Waals surface area contributed by atoms with Gasteiger partial charge in [0, 0.05) is 12.4 Å². The van der Waals surface area contributed by atoms with Crippen LogP contribution in [0.4, 0.5) is 13.2 Å². The Morgan fingerprint density at radius 1 is 1.32 bits per heavy atom. The summed E-state index contributed by atoms with van der Waals surface area (Å²) in [5, 5.41) is 15.7. The van der Waals surface area contributed by atoms with Crippen LogP contribution in [-0.2, 0) is 14.4 Å². The first-order valence-electron chi connectivity index (χ1n) is 4.58. The highest BCUT2D eigenvalue weighted by molar-refractivity contribution is 5.92. The van der Waals surface area contributed by atoms with Gasteiger partial charge < -0.3 is 15.0 Å². The smallest absolute Gasteiger partial charge is 0.480 e. The molecule has 1 atom stereocenters. The fraction of sp³-hybridized carbons (Fsp3) is 0.200. The van der Waals surface area contributed by atoms with Crippen molar-refractivity contribution in [2.75, 3.05) is 0 Å². The van der Waals surface area contributed by atoms with Gasteiger partial charge in [-0.2, -0.15) is 13.2 Å². The van der Waals surface area contributed by atoms with Crippen LogP contribution in [0.2, 0.25) is 0 Å². The molecule has 0 saturated heterocycles. The van der Waals surface area contributed by atoms with Crippen molar-refractivity contribution in [2.45, 2.75) is 12.1 Å². The van der Waals surface area contributed by atoms with Gasteiger partial charge in [0.25, 0.3) is 0 Å². The molecule has 9 heteroatoms. The van der Waals surface area contributed by atoms with E-state index in [1.54, 1.807) is 12.1 Å². The number of carbonyl (C=O) groups is 3. The third-order valence-electron chi connectivity index (χ3n) is 1.69. The Labute approximate surface area is 104 Å². The van der Waals surface area contributed by atoms with Crippen LogP contribution >= 0.6 is 0 Å². The minimum Gasteiger partial charge on any atom is -0.480 e. The van der Waals surface area contributed by atoms with Crippen LogP contribution < -0.4 is 0 Å². The highest BCUT2D eigenvalue weighted by Crippen LogP contribution is 2.13. The first-order valence-corrected chi connectivity index (χ1v) is 4.58. The topological polar surface area (TPSA) is 105 Å². The standard InChI is InChI=1S/C8H7NO3.C2HF3O2/c10-5-7(8(11)12)6-2-1-3-9-4-6;3-2(4,5)1(6)7/h1-5,7H,(H,11,12);(H,6,7). The van der Waals surface area contributed by atoms with Crippen LogP contribution in [0.15, 0.2) is 24.5 Å². The van der Waals surface area contributed by atoms with E-state index in [0.717, 1.165) is 0 Å². The number of nitrogens with zero attached hydrogens (tertiary/aromatic N) is 1. The Morgan fingerprint density at radius 3 is 2.11 bits per heavy atom. The molecule has 0 aliphatic heterocycles. The summed E-state index contributed by atoms with van der Waals surface area (Å²) in [6.45, 7) is 0. The second-order valence-corrected chi connectivity index (χ2v) is 3.04. The number of pyridine rings is 1. The maximum atomic E-state index is 10.6. The Bertz CT molecular complexity index is 446. The van der Waals surface area contributed by atoms with Crippen LogP contribution in [0.5, 0.6) is 0 Å². The number of hydrogen-bond acceptors (Lipinski definition) is 4. The lowest BCUT2D eigenvalue weighted by atomic mass is 10.0. The highest BCUT2D eigenvalue weighted by atomic mass is 19.4. The Balaban J connectivity index is 0.000000399. The summed E-state index contributed by atoms with van der Waals surface area (Å²) >= 11 is 0. The van der Waals surface area contributed by atoms with Gasteiger partial charge in [-0.15, -0.1) is 0 Å². The molecule has 0 aliphatic carbocycles. The summed E-state index contributed by atoms with van der Waals surface area (Å²) in [4.78, 5) is 33.4. The normalized spacial score (nSPS) is 11.7. The molecule has 0 amide bonds. The van der Waals surface area contributed by atoms with Crippen LogP contribution in [0.3, 0.4) is 0 Å². The average Bonchev–Trinajstić information content (AvgIpc) is 2.30. The largest absolute Gasteiger partial charge is 0.490 e. The molecule has 104 valence electrons. The molecule has 1 rings (SSSR count). The van der Waals surface area contributed by atoms with Crippen molar-refractivity contribution in [2.24, 2.45) is 0 Å². The molecular weight excluding hydrogens is 271 g/mol. The minimum absolute atomic E-state index is 0.388. The number of carbonyl (C=O) groups excluding carboxylic acids is 1. The van der Waals surface area contributed by atoms with E-state index in [1.165, 1.54) is 12.4 Å². The Kier molecular flexibility index (Phi) is 6.17. The van der Waals surface area contributed by atoms with Crippen molar-refractivity contribution in [1.29, 1.82) is 0 Å². The molecule has 0 saturated carbocycles. The maximum absolute atomic E-state index is 10.6. The van der Waals surface area contributed by atoms with E-state index < -0.39 is 24.0 Å². The Hall–Kier alpha value is -2.45. The molecule has 0 aromatic carbocycles. The van der Waals surface area contributed by atoms with Crippen LogP contribution in [0, 0.1) is 0 Å². The number of carboxylic acid groups (broad SMARTS) is 2. The van der Waals surface area contributed by atoms with Gasteiger partial charge >= 0.3 is 18.1 Å². The number of aldehydes is 1. The third-order valence-corrected chi connectivity index (χ3v) is 1.69. The number of alkyl halides is 3. The molecule has 1 aromatic heterocycles. The molecule has 6 nitrogen and oxygen atoms in total. The van der Waals surface area contributed by atoms with Gasteiger partial charge in [0.15, 0.2) is 0 Å². The molecule has 1 aromatic rings. The lowest BCUT2D eigenvalue weighted by molar-refractivity contribution is -0.192. The summed E-state index contributed by atoms with van der Waals surface area (Å²) in [7, 11) is 0. The van der Waals surface area contributed by atoms with E-state index in [2.05, 4.69) is 4.98 Å². The van der Waals surface area contributed by atoms with E-state index in [1.807, 2.05) is 0 Å². The van der Waals surface area contributed by atoms with Crippen molar-refractivity contribution in [3.8, 4) is 0 Å². The lowest BCUT2D eigenvalue weighted by Crippen LogP contribution is -2.21. The zero-order valence-corrected chi connectivity index (χ0v) is 9.16. The van der Waals surface area contributed by atoms with E-state index in [-0.39, 0.29) is 0 Å². The zero-order chi connectivity index (χ0) is 15.1. The second-order valence-electron chi connectivity index (χ2n) is 3.04. The zero-order valence-electron chi connectivity index (χ0n) is 9.16. The predicted octanol–water partition coefficient (Wildman–Crippen LogP) is 1.08. The molecule has 0 radical (unpaired) electrons. The van der Waals surface area contributed by atoms with E-state index in [9.17, 15) is 22.8 Å². The second kappa shape index (κ2) is 7.09. The molecule has 1 unspecified atom stereocenters. The average molecular weight is 279 g/mol. The monoisotopic (exact) mass is 279 g/mol. The first-order chi connectivity index (χ1) is 8.70. The van der Waals surface area contributed by atoms with Crippen molar-refractivity contribution in [3.05, 3.63) is 30.1 Å². The fourth-order valence-electron chi connectivity index (χ4n) is 0.839. The van der Waals surface area contributed by atoms with Crippen molar-refractivity contribution >= 4 is 18.2 Å². The maximum Gasteiger partial charge on any atom is 0.490 e. The summed E-state index contributed by atoms with van der Waals surface area (Å²) in [5.74, 6) is -5.01. The fourth-order valence-corrected chi connectivity index (χ4v) is 0.839. The molecule has 19 heavy (non-hydrogen) atoms. The number of hydrogen-bond donors (Lipinski definition) is 2. The minimum atomic E-state index is -5.08. The van der Waals surface area contributed by atoms with Crippen LogP contribution in [0.25, 0.3) is 0 Å². The molecule has 0 aliphatic rings. The van der Waals surface area contributed by atoms with E-state index in [4.69, 9.17) is 15.0 Å². The molecule has 0 fully saturated rings. The quantitative estimate of drug-likeness (QED) is 0.633. The molecule has 0 spiro atoms. The molecule has 0 bridgehead atoms. The van der Waals surface area contributed by atoms with Gasteiger partial charge in [0.1, 0.15) is 12.2 Å². The van der Waals surface area contributed by atoms with Crippen LogP contribution in [0.1, 0.15) is 11.5 Å². The van der Waals surface area contributed by atoms with Crippen molar-refractivity contribution in [3.63, 3.8) is 0 Å². The number of halogens is 3. The summed E-state index contributed by atoms with van der Waals surface area (Å²) in [5.41, 5.74) is 0.403. The summed E-state index contributed by atoms with van der Waals surface area (Å²) < 4.78 is 31.7. The SMILES string of the molecule is O=C(O)C(F)(F)F.O=CC(C(=O)O)c1cccnc1. The molecular formula is C10H8F3NO5. The Morgan fingerprint density at radius 2 is 1.84 bits per heavy atom. The lowest BCUT2D eigenvalue weighted by Gasteiger charge is -2.02. The predicted molar refractivity (Wildman–Crippen MR) is 54.4 cm³/mol. The number of aromatic nitrogens is 1. The van der Waals surface area contributed by atoms with E-state index in [0.29, 0.717) is 11.8 Å². The highest BCUT2D eigenvalue weighted by Gasteiger charge is 2.38. The van der Waals surface area contributed by atoms with Gasteiger partial charge in [-0.3, -0.25) is 9.78 Å². The first kappa shape index (κ1) is 16.6. The number of rotatable bonds is 3. The van der Waals surface area contributed by atoms with Gasteiger partial charge in [0.05, 0.1) is 0 Å². The van der Waals surface area contributed by atoms with Gasteiger partial charge in [-0.25, -0.2) is 4.79 Å². The van der Waals surface area contributed by atoms with Gasteiger partial charge in [-0.05, 0) is 11.6 Å². The third kappa shape index (κ3) is 6.15. The summed E-state index contributed by atoms with van der Waals surface area (Å²) in [6.07, 6.45) is -1.81. The van der Waals surface area contributed by atoms with Crippen molar-refractivity contribution < 1.29 is 37.8 Å². The number of carboxylic acids is 2. The van der Waals surface area contributed by atoms with Gasteiger partial charge in [0.2, 0.25) is 0 Å². The molecule has 1 heterocycles. The van der Waals surface area contributed by atoms with E-state index >= 15 is 0 Å². The molecule has 2 N–H and O–H groups in total. The van der Waals surface area contributed by atoms with Crippen LogP contribution in [-0.4, -0.2) is 39.6 Å². The van der Waals surface area contributed by atoms with Gasteiger partial charge in [-0.1, -0.05) is 6.07 Å². The number of aliphatic carboxylic acids is 2.